The van der Waals surface area contributed by atoms with Crippen molar-refractivity contribution in [1.29, 1.82) is 0 Å². The number of anilines is 2. The number of fused-ring (bicyclic) bond motifs is 2. The molecular formula is C80H94N8O10Si. The lowest BCUT2D eigenvalue weighted by Gasteiger charge is -2.43. The van der Waals surface area contributed by atoms with Crippen molar-refractivity contribution in [3.63, 3.8) is 0 Å². The predicted octanol–water partition coefficient (Wildman–Crippen LogP) is 11.6. The molecule has 2 aliphatic heterocycles. The van der Waals surface area contributed by atoms with E-state index in [9.17, 15) is 24.9 Å². The highest BCUT2D eigenvalue weighted by Crippen LogP contribution is 2.38. The summed E-state index contributed by atoms with van der Waals surface area (Å²) in [5.74, 6) is 3.90. The smallest absolute Gasteiger partial charge is 0.319 e. The number of nitrogens with zero attached hydrogens (tertiary/aromatic N) is 2. The number of amides is 2. The zero-order valence-corrected chi connectivity index (χ0v) is 58.3. The minimum atomic E-state index is -2.73. The number of aromatic nitrogens is 2. The average Bonchev–Trinajstić information content (AvgIpc) is 1.47. The van der Waals surface area contributed by atoms with E-state index in [1.54, 1.807) is 38.5 Å². The van der Waals surface area contributed by atoms with Crippen molar-refractivity contribution in [2.45, 2.75) is 88.6 Å². The average molecular weight is 1360 g/mol. The van der Waals surface area contributed by atoms with Gasteiger partial charge in [0.1, 0.15) is 71.3 Å². The summed E-state index contributed by atoms with van der Waals surface area (Å²) in [5, 5.41) is 48.3. The Kier molecular flexibility index (Phi) is 24.0. The zero-order chi connectivity index (χ0) is 69.1. The number of phenolic OH excluding ortho intramolecular Hbond substituents is 1. The number of hydrogen-bond donors (Lipinski definition) is 9. The molecule has 10 aromatic rings. The Morgan fingerprint density at radius 3 is 1.28 bits per heavy atom. The van der Waals surface area contributed by atoms with Gasteiger partial charge < -0.3 is 79.7 Å². The maximum absolute atomic E-state index is 13.2. The number of rotatable bonds is 28. The molecule has 99 heavy (non-hydrogen) atoms. The third-order valence-electron chi connectivity index (χ3n) is 18.5. The van der Waals surface area contributed by atoms with E-state index in [-0.39, 0.29) is 35.8 Å². The largest absolute Gasteiger partial charge is 0.534 e. The van der Waals surface area contributed by atoms with Crippen molar-refractivity contribution in [2.75, 3.05) is 90.4 Å². The quantitative estimate of drug-likeness (QED) is 0.0164. The summed E-state index contributed by atoms with van der Waals surface area (Å²) in [6, 6.07) is 68.4. The minimum Gasteiger partial charge on any atom is -0.534 e. The van der Waals surface area contributed by atoms with E-state index in [0.29, 0.717) is 74.2 Å². The fourth-order valence-electron chi connectivity index (χ4n) is 13.0. The molecule has 2 aromatic heterocycles. The van der Waals surface area contributed by atoms with E-state index >= 15 is 0 Å². The van der Waals surface area contributed by atoms with Crippen LogP contribution in [0, 0.1) is 0 Å². The second-order valence-electron chi connectivity index (χ2n) is 26.7. The van der Waals surface area contributed by atoms with Crippen molar-refractivity contribution >= 4 is 63.7 Å². The van der Waals surface area contributed by atoms with Crippen LogP contribution < -0.4 is 55.0 Å². The maximum Gasteiger partial charge on any atom is 0.319 e. The van der Waals surface area contributed by atoms with Crippen LogP contribution in [0.2, 0.25) is 5.04 Å². The van der Waals surface area contributed by atoms with Gasteiger partial charge in [-0.1, -0.05) is 106 Å². The summed E-state index contributed by atoms with van der Waals surface area (Å²) in [4.78, 5) is 36.7. The number of aliphatic hydroxyl groups is 2. The summed E-state index contributed by atoms with van der Waals surface area (Å²) in [7, 11) is 0.557. The molecule has 2 amide bonds. The Bertz CT molecular complexity index is 4110. The molecule has 2 fully saturated rings. The molecule has 8 aromatic carbocycles. The van der Waals surface area contributed by atoms with Gasteiger partial charge in [0.2, 0.25) is 0 Å². The van der Waals surface area contributed by atoms with Crippen molar-refractivity contribution in [3.8, 4) is 34.5 Å². The third kappa shape index (κ3) is 18.9. The van der Waals surface area contributed by atoms with Crippen molar-refractivity contribution in [2.24, 2.45) is 0 Å². The number of benzene rings is 8. The number of aliphatic hydroxyl groups excluding tert-OH is 2. The fraction of sp³-hybridized carbons (Fsp3) is 0.325. The van der Waals surface area contributed by atoms with Gasteiger partial charge in [0.15, 0.2) is 0 Å². The van der Waals surface area contributed by atoms with Crippen molar-refractivity contribution in [3.05, 3.63) is 229 Å². The Morgan fingerprint density at radius 1 is 0.505 bits per heavy atom. The molecule has 18 nitrogen and oxygen atoms in total. The number of aromatic amines is 2. The van der Waals surface area contributed by atoms with Gasteiger partial charge >= 0.3 is 8.32 Å². The van der Waals surface area contributed by atoms with Crippen LogP contribution in [0.25, 0.3) is 21.8 Å². The van der Waals surface area contributed by atoms with Gasteiger partial charge in [-0.05, 0) is 199 Å². The summed E-state index contributed by atoms with van der Waals surface area (Å²) < 4.78 is 29.2. The van der Waals surface area contributed by atoms with Gasteiger partial charge in [0.25, 0.3) is 11.8 Å². The zero-order valence-electron chi connectivity index (χ0n) is 57.3. The topological polar surface area (TPSA) is 227 Å². The summed E-state index contributed by atoms with van der Waals surface area (Å²) in [6.07, 6.45) is 4.00. The van der Waals surface area contributed by atoms with E-state index in [1.807, 2.05) is 94.7 Å². The van der Waals surface area contributed by atoms with Crippen LogP contribution in [0.3, 0.4) is 0 Å². The fourth-order valence-corrected chi connectivity index (χ4v) is 17.4. The molecule has 0 bridgehead atoms. The molecule has 518 valence electrons. The number of hydrogen-bond acceptors (Lipinski definition) is 14. The number of H-pyrrole nitrogens is 2. The SMILES string of the molecule is COc1ccc2[nH]c(C(=O)N3CCC(Nc4ccc(CCNCC(O)COc5ccc(O)cc5)cc4)CC3)cc2c1.COc1ccc2[nH]c(C(=O)N3CCC(Nc4ccc(CCNC[C@H](O)COc5ccc(O[Si](c6ccccc6)(c6ccccc6)C(C)(C)C)cc5)cc4)CC3)cc2c1. The first-order chi connectivity index (χ1) is 48.1. The molecule has 19 heteroatoms. The summed E-state index contributed by atoms with van der Waals surface area (Å²) in [6.45, 7) is 12.4. The Morgan fingerprint density at radius 2 is 0.889 bits per heavy atom. The first-order valence-electron chi connectivity index (χ1n) is 34.4. The second-order valence-corrected chi connectivity index (χ2v) is 30.9. The number of piperidine rings is 2. The Balaban J connectivity index is 0.000000212. The van der Waals surface area contributed by atoms with Gasteiger partial charge in [0, 0.05) is 84.5 Å². The number of ether oxygens (including phenoxy) is 4. The Hall–Kier alpha value is -9.76. The van der Waals surface area contributed by atoms with Crippen LogP contribution in [-0.2, 0) is 12.8 Å². The number of likely N-dealkylation sites (tertiary alicyclic amines) is 2. The summed E-state index contributed by atoms with van der Waals surface area (Å²) >= 11 is 0. The first-order valence-corrected chi connectivity index (χ1v) is 36.3. The number of aromatic hydroxyl groups is 1. The van der Waals surface area contributed by atoms with Gasteiger partial charge in [-0.3, -0.25) is 9.59 Å². The molecule has 0 spiro atoms. The molecule has 0 radical (unpaired) electrons. The molecule has 9 N–H and O–H groups in total. The molecular weight excluding hydrogens is 1260 g/mol. The van der Waals surface area contributed by atoms with Crippen LogP contribution in [0.5, 0.6) is 34.5 Å². The third-order valence-corrected chi connectivity index (χ3v) is 23.5. The highest BCUT2D eigenvalue weighted by molar-refractivity contribution is 7.00. The normalized spacial score (nSPS) is 14.4. The van der Waals surface area contributed by atoms with Crippen molar-refractivity contribution in [1.82, 2.24) is 30.4 Å². The van der Waals surface area contributed by atoms with Crippen molar-refractivity contribution < 1.29 is 48.3 Å². The van der Waals surface area contributed by atoms with E-state index in [4.69, 9.17) is 23.4 Å². The van der Waals surface area contributed by atoms with Crippen LogP contribution >= 0.6 is 0 Å². The van der Waals surface area contributed by atoms with Gasteiger partial charge in [0.05, 0.1) is 14.2 Å². The molecule has 2 aliphatic rings. The van der Waals surface area contributed by atoms with Crippen LogP contribution in [0.4, 0.5) is 11.4 Å². The lowest BCUT2D eigenvalue weighted by atomic mass is 10.0. The second kappa shape index (κ2) is 33.7. The van der Waals surface area contributed by atoms with Gasteiger partial charge in [-0.15, -0.1) is 0 Å². The minimum absolute atomic E-state index is 0.0361. The monoisotopic (exact) mass is 1350 g/mol. The van der Waals surface area contributed by atoms with E-state index in [1.165, 1.54) is 21.5 Å². The molecule has 0 aliphatic carbocycles. The van der Waals surface area contributed by atoms with Gasteiger partial charge in [-0.25, -0.2) is 0 Å². The Labute approximate surface area is 581 Å². The number of methoxy groups -OCH3 is 2. The maximum atomic E-state index is 13.2. The van der Waals surface area contributed by atoms with E-state index < -0.39 is 20.5 Å². The highest BCUT2D eigenvalue weighted by atomic mass is 28.4. The molecule has 2 atom stereocenters. The summed E-state index contributed by atoms with van der Waals surface area (Å²) in [5.41, 5.74) is 7.69. The molecule has 4 heterocycles. The van der Waals surface area contributed by atoms with Crippen LogP contribution in [-0.4, -0.2) is 159 Å². The number of nitrogens with one attached hydrogen (secondary N) is 6. The first kappa shape index (κ1) is 70.6. The molecule has 0 saturated carbocycles. The van der Waals surface area contributed by atoms with Gasteiger partial charge in [-0.2, -0.15) is 0 Å². The molecule has 12 rings (SSSR count). The molecule has 1 unspecified atom stereocenters. The standard InChI is InChI=1S/C48H56N4O5Si.C32H38N4O5/c1-48(2,3)58(43-11-7-5-8-12-43,44-13-9-6-10-14-44)57-41-21-19-40(20-22-41)56-34-39(53)33-49-28-25-35-15-17-37(18-16-35)50-38-26-29-52(30-27-38)47(54)46-32-36-31-42(55-4)23-24-45(36)51-46;1-40-29-10-11-30-23(18-29)19-31(35-30)32(39)36-16-13-25(14-17-36)34-24-4-2-22(3-5-24)12-15-33-20-27(38)21-41-28-8-6-26(37)7-9-28/h5-24,31-32,38-39,49-51,53H,25-30,33-34H2,1-4H3;2-11,18-19,25,27,33-35,37-38H,12-17,20-21H2,1H3/t39-;/m0./s1. The lowest BCUT2D eigenvalue weighted by molar-refractivity contribution is 0.0706. The number of phenols is 1. The predicted molar refractivity (Wildman–Crippen MR) is 397 cm³/mol. The van der Waals surface area contributed by atoms with E-state index in [2.05, 4.69) is 149 Å². The molecule has 2 saturated heterocycles. The van der Waals surface area contributed by atoms with E-state index in [0.717, 1.165) is 102 Å². The number of carbonyl (C=O) groups is 2. The lowest BCUT2D eigenvalue weighted by Crippen LogP contribution is -2.68. The highest BCUT2D eigenvalue weighted by Gasteiger charge is 2.52. The van der Waals surface area contributed by atoms with Crippen LogP contribution in [0.15, 0.2) is 206 Å². The van der Waals surface area contributed by atoms with Crippen LogP contribution in [0.1, 0.15) is 78.6 Å². The number of carbonyl (C=O) groups excluding carboxylic acids is 2.